The highest BCUT2D eigenvalue weighted by molar-refractivity contribution is 4.66. The summed E-state index contributed by atoms with van der Waals surface area (Å²) in [6.07, 6.45) is 1.28. The number of ether oxygens (including phenoxy) is 3. The average molecular weight is 203 g/mol. The number of rotatable bonds is 7. The first-order valence-corrected chi connectivity index (χ1v) is 5.19. The molecule has 1 saturated heterocycles. The van der Waals surface area contributed by atoms with Gasteiger partial charge in [-0.2, -0.15) is 0 Å². The van der Waals surface area contributed by atoms with Crippen LogP contribution in [0.3, 0.4) is 0 Å². The first kappa shape index (κ1) is 11.9. The summed E-state index contributed by atoms with van der Waals surface area (Å²) in [7, 11) is 3.62. The van der Waals surface area contributed by atoms with Gasteiger partial charge in [0.1, 0.15) is 0 Å². The lowest BCUT2D eigenvalue weighted by Gasteiger charge is -2.18. The molecule has 1 heterocycles. The Morgan fingerprint density at radius 2 is 2.43 bits per heavy atom. The maximum atomic E-state index is 5.74. The number of methoxy groups -OCH3 is 1. The third-order valence-corrected chi connectivity index (χ3v) is 2.38. The van der Waals surface area contributed by atoms with Gasteiger partial charge in [-0.05, 0) is 13.5 Å². The van der Waals surface area contributed by atoms with E-state index in [0.717, 1.165) is 32.8 Å². The molecule has 0 radical (unpaired) electrons. The van der Waals surface area contributed by atoms with Gasteiger partial charge in [0.15, 0.2) is 0 Å². The summed E-state index contributed by atoms with van der Waals surface area (Å²) < 4.78 is 16.1. The second kappa shape index (κ2) is 7.17. The van der Waals surface area contributed by atoms with Crippen molar-refractivity contribution >= 4 is 0 Å². The van der Waals surface area contributed by atoms with Crippen LogP contribution in [0.1, 0.15) is 6.42 Å². The molecular formula is C10H21NO3. The first-order valence-electron chi connectivity index (χ1n) is 5.19. The average Bonchev–Trinajstić information content (AvgIpc) is 2.67. The molecule has 0 bridgehead atoms. The summed E-state index contributed by atoms with van der Waals surface area (Å²) in [5.74, 6) is 0.575. The summed E-state index contributed by atoms with van der Waals surface area (Å²) in [6, 6.07) is 0. The van der Waals surface area contributed by atoms with Crippen molar-refractivity contribution in [2.24, 2.45) is 5.92 Å². The standard InChI is InChI=1S/C10H21NO3/c1-11-5-10(8-12-2)14-7-9-3-4-13-6-9/h9-11H,3-8H2,1-2H3. The second-order valence-corrected chi connectivity index (χ2v) is 3.70. The van der Waals surface area contributed by atoms with Gasteiger partial charge in [-0.25, -0.2) is 0 Å². The Morgan fingerprint density at radius 1 is 1.57 bits per heavy atom. The summed E-state index contributed by atoms with van der Waals surface area (Å²) in [6.45, 7) is 4.00. The molecule has 0 aliphatic carbocycles. The van der Waals surface area contributed by atoms with Gasteiger partial charge in [-0.3, -0.25) is 0 Å². The zero-order valence-corrected chi connectivity index (χ0v) is 9.12. The van der Waals surface area contributed by atoms with E-state index >= 15 is 0 Å². The highest BCUT2D eigenvalue weighted by atomic mass is 16.5. The molecule has 4 heteroatoms. The molecule has 0 aromatic carbocycles. The van der Waals surface area contributed by atoms with Crippen molar-refractivity contribution in [1.82, 2.24) is 5.32 Å². The Labute approximate surface area is 85.9 Å². The van der Waals surface area contributed by atoms with Crippen LogP contribution in [0.15, 0.2) is 0 Å². The van der Waals surface area contributed by atoms with Crippen LogP contribution in [0.2, 0.25) is 0 Å². The van der Waals surface area contributed by atoms with E-state index in [0.29, 0.717) is 12.5 Å². The van der Waals surface area contributed by atoms with Gasteiger partial charge < -0.3 is 19.5 Å². The Morgan fingerprint density at radius 3 is 3.00 bits per heavy atom. The molecular weight excluding hydrogens is 182 g/mol. The zero-order chi connectivity index (χ0) is 10.2. The van der Waals surface area contributed by atoms with E-state index in [-0.39, 0.29) is 6.10 Å². The van der Waals surface area contributed by atoms with Crippen LogP contribution < -0.4 is 5.32 Å². The Hall–Kier alpha value is -0.160. The van der Waals surface area contributed by atoms with Gasteiger partial charge in [-0.1, -0.05) is 0 Å². The summed E-state index contributed by atoms with van der Waals surface area (Å²) in [4.78, 5) is 0. The van der Waals surface area contributed by atoms with Crippen LogP contribution in [0.5, 0.6) is 0 Å². The molecule has 1 rings (SSSR count). The van der Waals surface area contributed by atoms with E-state index in [9.17, 15) is 0 Å². The van der Waals surface area contributed by atoms with Gasteiger partial charge in [0.05, 0.1) is 25.9 Å². The lowest BCUT2D eigenvalue weighted by atomic mass is 10.1. The van der Waals surface area contributed by atoms with Gasteiger partial charge in [0.2, 0.25) is 0 Å². The molecule has 2 unspecified atom stereocenters. The van der Waals surface area contributed by atoms with Crippen molar-refractivity contribution in [2.45, 2.75) is 12.5 Å². The highest BCUT2D eigenvalue weighted by Crippen LogP contribution is 2.13. The van der Waals surface area contributed by atoms with Gasteiger partial charge >= 0.3 is 0 Å². The van der Waals surface area contributed by atoms with Crippen molar-refractivity contribution in [3.8, 4) is 0 Å². The summed E-state index contributed by atoms with van der Waals surface area (Å²) in [5, 5.41) is 3.09. The van der Waals surface area contributed by atoms with E-state index in [1.165, 1.54) is 0 Å². The van der Waals surface area contributed by atoms with Gasteiger partial charge in [-0.15, -0.1) is 0 Å². The minimum Gasteiger partial charge on any atom is -0.382 e. The Balaban J connectivity index is 2.10. The number of hydrogen-bond donors (Lipinski definition) is 1. The summed E-state index contributed by atoms with van der Waals surface area (Å²) in [5.41, 5.74) is 0. The van der Waals surface area contributed by atoms with Crippen LogP contribution >= 0.6 is 0 Å². The van der Waals surface area contributed by atoms with Gasteiger partial charge in [0, 0.05) is 26.2 Å². The molecule has 1 N–H and O–H groups in total. The lowest BCUT2D eigenvalue weighted by Crippen LogP contribution is -2.32. The van der Waals surface area contributed by atoms with E-state index in [1.54, 1.807) is 7.11 Å². The fraction of sp³-hybridized carbons (Fsp3) is 1.00. The smallest absolute Gasteiger partial charge is 0.0932 e. The van der Waals surface area contributed by atoms with E-state index in [2.05, 4.69) is 5.32 Å². The van der Waals surface area contributed by atoms with Crippen molar-refractivity contribution in [3.63, 3.8) is 0 Å². The molecule has 0 saturated carbocycles. The predicted molar refractivity (Wildman–Crippen MR) is 54.5 cm³/mol. The molecule has 0 amide bonds. The monoisotopic (exact) mass is 203 g/mol. The predicted octanol–water partition coefficient (Wildman–Crippen LogP) is 0.274. The third kappa shape index (κ3) is 4.37. The van der Waals surface area contributed by atoms with Crippen molar-refractivity contribution in [1.29, 1.82) is 0 Å². The minimum atomic E-state index is 0.158. The fourth-order valence-corrected chi connectivity index (χ4v) is 1.57. The zero-order valence-electron chi connectivity index (χ0n) is 9.12. The van der Waals surface area contributed by atoms with Crippen LogP contribution in [0, 0.1) is 5.92 Å². The third-order valence-electron chi connectivity index (χ3n) is 2.38. The fourth-order valence-electron chi connectivity index (χ4n) is 1.57. The molecule has 2 atom stereocenters. The van der Waals surface area contributed by atoms with Crippen LogP contribution in [-0.4, -0.2) is 53.2 Å². The molecule has 84 valence electrons. The van der Waals surface area contributed by atoms with E-state index < -0.39 is 0 Å². The SMILES string of the molecule is CNCC(COC)OCC1CCOC1. The molecule has 0 aromatic heterocycles. The topological polar surface area (TPSA) is 39.7 Å². The number of nitrogens with one attached hydrogen (secondary N) is 1. The van der Waals surface area contributed by atoms with Crippen LogP contribution in [0.4, 0.5) is 0 Å². The molecule has 0 aromatic rings. The van der Waals surface area contributed by atoms with Crippen molar-refractivity contribution in [2.75, 3.05) is 47.1 Å². The van der Waals surface area contributed by atoms with Crippen molar-refractivity contribution in [3.05, 3.63) is 0 Å². The van der Waals surface area contributed by atoms with E-state index in [1.807, 2.05) is 7.05 Å². The molecule has 1 fully saturated rings. The van der Waals surface area contributed by atoms with Crippen LogP contribution in [-0.2, 0) is 14.2 Å². The Kier molecular flexibility index (Phi) is 6.10. The molecule has 14 heavy (non-hydrogen) atoms. The van der Waals surface area contributed by atoms with Gasteiger partial charge in [0.25, 0.3) is 0 Å². The second-order valence-electron chi connectivity index (χ2n) is 3.70. The lowest BCUT2D eigenvalue weighted by molar-refractivity contribution is -0.0161. The molecule has 4 nitrogen and oxygen atoms in total. The maximum Gasteiger partial charge on any atom is 0.0932 e. The maximum absolute atomic E-state index is 5.74. The largest absolute Gasteiger partial charge is 0.382 e. The molecule has 1 aliphatic rings. The highest BCUT2D eigenvalue weighted by Gasteiger charge is 2.17. The molecule has 1 aliphatic heterocycles. The summed E-state index contributed by atoms with van der Waals surface area (Å²) >= 11 is 0. The minimum absolute atomic E-state index is 0.158. The van der Waals surface area contributed by atoms with Crippen molar-refractivity contribution < 1.29 is 14.2 Å². The molecule has 0 spiro atoms. The number of likely N-dealkylation sites (N-methyl/N-ethyl adjacent to an activating group) is 1. The number of hydrogen-bond acceptors (Lipinski definition) is 4. The Bertz CT molecular complexity index is 131. The first-order chi connectivity index (χ1) is 6.86. The normalized spacial score (nSPS) is 24.0. The quantitative estimate of drug-likeness (QED) is 0.645. The van der Waals surface area contributed by atoms with Crippen LogP contribution in [0.25, 0.3) is 0 Å². The van der Waals surface area contributed by atoms with E-state index in [4.69, 9.17) is 14.2 Å².